The van der Waals surface area contributed by atoms with E-state index in [1.54, 1.807) is 0 Å². The van der Waals surface area contributed by atoms with E-state index < -0.39 is 0 Å². The molecule has 0 bridgehead atoms. The predicted molar refractivity (Wildman–Crippen MR) is 254 cm³/mol. The summed E-state index contributed by atoms with van der Waals surface area (Å²) in [6, 6.07) is 55.0. The fraction of sp³-hybridized carbons (Fsp3) is 0.185. The van der Waals surface area contributed by atoms with Crippen LogP contribution in [0.25, 0.3) is 55.0 Å². The van der Waals surface area contributed by atoms with Gasteiger partial charge in [0.05, 0.1) is 46.2 Å². The first-order chi connectivity index (χ1) is 31.8. The number of fused-ring (bicyclic) bond motifs is 18. The summed E-state index contributed by atoms with van der Waals surface area (Å²) in [5.41, 5.74) is 9.99. The van der Waals surface area contributed by atoms with Crippen molar-refractivity contribution in [3.63, 3.8) is 0 Å². The zero-order chi connectivity index (χ0) is 41.6. The Morgan fingerprint density at radius 1 is 0.297 bits per heavy atom. The minimum Gasteiger partial charge on any atom is -0.367 e. The van der Waals surface area contributed by atoms with Crippen LogP contribution in [0.3, 0.4) is 0 Å². The highest BCUT2D eigenvalue weighted by atomic mass is 15.5. The molecule has 8 aromatic rings. The Balaban J connectivity index is 0.918. The molecule has 4 N–H and O–H groups in total. The second-order valence-electron chi connectivity index (χ2n) is 18.4. The van der Waals surface area contributed by atoms with Crippen LogP contribution in [-0.2, 0) is 0 Å². The van der Waals surface area contributed by atoms with Crippen LogP contribution >= 0.6 is 0 Å². The number of para-hydroxylation sites is 4. The summed E-state index contributed by atoms with van der Waals surface area (Å²) in [5.74, 6) is 0.277. The van der Waals surface area contributed by atoms with Crippen molar-refractivity contribution in [1.82, 2.24) is 50.0 Å². The van der Waals surface area contributed by atoms with E-state index in [9.17, 15) is 0 Å². The number of hydrogen-bond donors (Lipinski definition) is 4. The smallest absolute Gasteiger partial charge is 0.139 e. The molecule has 15 rings (SSSR count). The van der Waals surface area contributed by atoms with E-state index in [1.165, 1.54) is 66.1 Å². The number of hydrogen-bond acceptors (Lipinski definition) is 8. The minimum atomic E-state index is 0.0817. The predicted octanol–water partition coefficient (Wildman–Crippen LogP) is 8.07. The number of benzene rings is 6. The third kappa shape index (κ3) is 4.54. The van der Waals surface area contributed by atoms with Gasteiger partial charge in [0, 0.05) is 94.4 Å². The zero-order valence-electron chi connectivity index (χ0n) is 34.9. The Morgan fingerprint density at radius 2 is 0.562 bits per heavy atom. The van der Waals surface area contributed by atoms with Crippen molar-refractivity contribution in [2.75, 3.05) is 0 Å². The van der Waals surface area contributed by atoms with Crippen molar-refractivity contribution in [3.8, 4) is 11.4 Å². The van der Waals surface area contributed by atoms with Crippen molar-refractivity contribution in [1.29, 1.82) is 0 Å². The van der Waals surface area contributed by atoms with Gasteiger partial charge in [-0.15, -0.1) is 0 Å². The maximum Gasteiger partial charge on any atom is 0.139 e. The van der Waals surface area contributed by atoms with E-state index in [4.69, 9.17) is 0 Å². The number of nitrogens with one attached hydrogen (secondary N) is 4. The molecule has 2 aromatic heterocycles. The first-order valence-corrected chi connectivity index (χ1v) is 22.8. The van der Waals surface area contributed by atoms with Gasteiger partial charge in [-0.05, 0) is 59.7 Å². The molecule has 10 nitrogen and oxygen atoms in total. The van der Waals surface area contributed by atoms with Crippen LogP contribution in [0.5, 0.6) is 0 Å². The van der Waals surface area contributed by atoms with Gasteiger partial charge in [-0.1, -0.05) is 97.1 Å². The topological polar surface area (TPSA) is 70.9 Å². The monoisotopic (exact) mass is 834 g/mol. The van der Waals surface area contributed by atoms with Crippen LogP contribution in [0.4, 0.5) is 0 Å². The summed E-state index contributed by atoms with van der Waals surface area (Å²) in [5, 5.41) is 20.2. The van der Waals surface area contributed by atoms with Crippen LogP contribution in [0.15, 0.2) is 195 Å². The Bertz CT molecular complexity index is 2910. The van der Waals surface area contributed by atoms with Gasteiger partial charge in [0.1, 0.15) is 24.7 Å². The van der Waals surface area contributed by atoms with Crippen LogP contribution in [-0.4, -0.2) is 77.6 Å². The van der Waals surface area contributed by atoms with Gasteiger partial charge in [-0.25, -0.2) is 0 Å². The normalized spacial score (nSPS) is 29.1. The van der Waals surface area contributed by atoms with Crippen LogP contribution in [0, 0.1) is 0 Å². The molecule has 10 heteroatoms. The quantitative estimate of drug-likeness (QED) is 0.142. The zero-order valence-corrected chi connectivity index (χ0v) is 34.9. The van der Waals surface area contributed by atoms with Gasteiger partial charge in [-0.3, -0.25) is 0 Å². The van der Waals surface area contributed by atoms with E-state index in [1.807, 2.05) is 0 Å². The maximum atomic E-state index is 3.78. The number of rotatable bonds is 4. The summed E-state index contributed by atoms with van der Waals surface area (Å²) < 4.78 is 4.87. The number of aromatic nitrogens is 2. The summed E-state index contributed by atoms with van der Waals surface area (Å²) in [7, 11) is 0. The lowest BCUT2D eigenvalue weighted by Crippen LogP contribution is -2.80. The summed E-state index contributed by atoms with van der Waals surface area (Å²) in [4.78, 5) is 10.7. The molecule has 6 aromatic carbocycles. The fourth-order valence-electron chi connectivity index (χ4n) is 13.4. The molecule has 1 aliphatic carbocycles. The van der Waals surface area contributed by atoms with Crippen molar-refractivity contribution in [2.45, 2.75) is 60.7 Å². The first kappa shape index (κ1) is 34.8. The molecule has 8 heterocycles. The lowest BCUT2D eigenvalue weighted by molar-refractivity contribution is -0.123. The van der Waals surface area contributed by atoms with E-state index in [-0.39, 0.29) is 60.7 Å². The number of nitrogens with zero attached hydrogens (tertiary/aromatic N) is 6. The average molecular weight is 835 g/mol. The lowest BCUT2D eigenvalue weighted by Gasteiger charge is -2.67. The standard InChI is InChI=1S/C54H46N10/c1-5-13-41-37(9-1)38-10-2-6-14-42(38)63(41)35-21-17-33(18-22-35)45-47-49(61-31-27-57-53(61)51-55-25-29-59(47)51)46(50-48(45)60-30-26-56-52(60)54-58-28-32-62(50)54)34-19-23-36(24-20-34)64-43-15-7-3-11-39(43)40-12-4-8-16-44(40)64/h1-32,45-58H. The SMILES string of the molecule is C1=CN2C(N1)C1NC=CN1C1C(c3ccc(-n4c5ccccc5c5ccccc54)cc3)C3C(C(c4ccc(-n5c6ccccc6c6ccccc65)cc4)C12)N1C=CNC1C1NC=CN13. The van der Waals surface area contributed by atoms with Crippen molar-refractivity contribution in [3.05, 3.63) is 206 Å². The Morgan fingerprint density at radius 3 is 0.844 bits per heavy atom. The van der Waals surface area contributed by atoms with Crippen LogP contribution < -0.4 is 21.3 Å². The Hall–Kier alpha value is -7.72. The lowest BCUT2D eigenvalue weighted by atomic mass is 9.60. The number of piperazine rings is 2. The summed E-state index contributed by atoms with van der Waals surface area (Å²) in [6.07, 6.45) is 18.3. The Labute approximate surface area is 370 Å². The highest BCUT2D eigenvalue weighted by Gasteiger charge is 2.65. The summed E-state index contributed by atoms with van der Waals surface area (Å²) >= 11 is 0. The molecule has 1 saturated carbocycles. The van der Waals surface area contributed by atoms with E-state index in [2.05, 4.69) is 245 Å². The molecule has 8 unspecified atom stereocenters. The van der Waals surface area contributed by atoms with Crippen molar-refractivity contribution >= 4 is 43.6 Å². The second kappa shape index (κ2) is 12.9. The van der Waals surface area contributed by atoms with Gasteiger partial charge in [0.15, 0.2) is 0 Å². The Kier molecular flexibility index (Phi) is 7.03. The molecule has 0 radical (unpaired) electrons. The molecule has 3 fully saturated rings. The van der Waals surface area contributed by atoms with Crippen LogP contribution in [0.2, 0.25) is 0 Å². The minimum absolute atomic E-state index is 0.0817. The molecule has 0 amide bonds. The van der Waals surface area contributed by atoms with E-state index in [0.717, 1.165) is 0 Å². The molecule has 6 aliphatic heterocycles. The largest absolute Gasteiger partial charge is 0.367 e. The van der Waals surface area contributed by atoms with Gasteiger partial charge in [0.2, 0.25) is 0 Å². The van der Waals surface area contributed by atoms with Gasteiger partial charge in [-0.2, -0.15) is 0 Å². The van der Waals surface area contributed by atoms with E-state index >= 15 is 0 Å². The molecule has 0 spiro atoms. The third-order valence-corrected chi connectivity index (χ3v) is 15.7. The molecule has 312 valence electrons. The second-order valence-corrected chi connectivity index (χ2v) is 18.4. The average Bonchev–Trinajstić information content (AvgIpc) is 4.22. The third-order valence-electron chi connectivity index (χ3n) is 15.7. The molecule has 7 aliphatic rings. The highest BCUT2D eigenvalue weighted by Crippen LogP contribution is 2.55. The maximum absolute atomic E-state index is 3.78. The van der Waals surface area contributed by atoms with Crippen molar-refractivity contribution < 1.29 is 0 Å². The first-order valence-electron chi connectivity index (χ1n) is 22.8. The van der Waals surface area contributed by atoms with Gasteiger partial charge in [0.25, 0.3) is 0 Å². The van der Waals surface area contributed by atoms with Crippen molar-refractivity contribution in [2.24, 2.45) is 0 Å². The molecule has 2 saturated heterocycles. The summed E-state index contributed by atoms with van der Waals surface area (Å²) in [6.45, 7) is 0. The van der Waals surface area contributed by atoms with Gasteiger partial charge >= 0.3 is 0 Å². The van der Waals surface area contributed by atoms with E-state index in [0.29, 0.717) is 0 Å². The molecular formula is C54H46N10. The fourth-order valence-corrected chi connectivity index (χ4v) is 13.4. The van der Waals surface area contributed by atoms with Crippen LogP contribution in [0.1, 0.15) is 23.0 Å². The molecule has 8 atom stereocenters. The molecule has 64 heavy (non-hydrogen) atoms. The highest BCUT2D eigenvalue weighted by molar-refractivity contribution is 6.10. The van der Waals surface area contributed by atoms with Gasteiger partial charge < -0.3 is 50.0 Å². The molecular weight excluding hydrogens is 789 g/mol.